The molecule has 0 aliphatic heterocycles. The van der Waals surface area contributed by atoms with Gasteiger partial charge in [-0.1, -0.05) is 0 Å². The number of aliphatic hydroxyl groups excluding tert-OH is 2. The van der Waals surface area contributed by atoms with Crippen LogP contribution in [-0.2, 0) is 28.5 Å². The molecule has 0 aromatic rings. The molecule has 14 N–H and O–H groups in total. The highest BCUT2D eigenvalue weighted by molar-refractivity contribution is 5.50. The zero-order chi connectivity index (χ0) is 33.7. The van der Waals surface area contributed by atoms with Gasteiger partial charge in [0.25, 0.3) is 0 Å². The quantitative estimate of drug-likeness (QED) is 0.0334. The molecular formula is C26H65N9O8. The van der Waals surface area contributed by atoms with E-state index < -0.39 is 6.04 Å². The molecule has 0 aliphatic rings. The van der Waals surface area contributed by atoms with E-state index in [0.29, 0.717) is 72.6 Å². The van der Waals surface area contributed by atoms with Gasteiger partial charge in [-0.25, -0.2) is 0 Å². The molecular weight excluding hydrogens is 566 g/mol. The summed E-state index contributed by atoms with van der Waals surface area (Å²) < 4.78 is 24.6. The largest absolute Gasteiger partial charge is 0.394 e. The van der Waals surface area contributed by atoms with Gasteiger partial charge in [-0.2, -0.15) is 5.26 Å². The number of hydrogen-bond acceptors (Lipinski definition) is 17. The van der Waals surface area contributed by atoms with Gasteiger partial charge in [-0.3, -0.25) is 0 Å². The van der Waals surface area contributed by atoms with E-state index in [1.807, 2.05) is 34.3 Å². The highest BCUT2D eigenvalue weighted by atomic mass is 16.5. The lowest BCUT2D eigenvalue weighted by Crippen LogP contribution is -2.35. The second-order valence-corrected chi connectivity index (χ2v) is 8.00. The van der Waals surface area contributed by atoms with Crippen LogP contribution in [0.25, 0.3) is 0 Å². The topological polar surface area (TPSA) is 280 Å². The average Bonchev–Trinajstić information content (AvgIpc) is 3.03. The molecule has 0 aromatic heterocycles. The van der Waals surface area contributed by atoms with Crippen molar-refractivity contribution in [1.82, 2.24) is 21.3 Å². The lowest BCUT2D eigenvalue weighted by molar-refractivity contribution is -0.111. The molecule has 0 rings (SSSR count). The first-order valence-corrected chi connectivity index (χ1v) is 14.3. The van der Waals surface area contributed by atoms with E-state index in [2.05, 4.69) is 21.3 Å². The van der Waals surface area contributed by atoms with E-state index in [-0.39, 0.29) is 25.9 Å². The molecule has 43 heavy (non-hydrogen) atoms. The highest BCUT2D eigenvalue weighted by Gasteiger charge is 1.97. The van der Waals surface area contributed by atoms with Gasteiger partial charge in [0.1, 0.15) is 18.9 Å². The van der Waals surface area contributed by atoms with Gasteiger partial charge in [0.15, 0.2) is 0 Å². The molecule has 0 aliphatic carbocycles. The Labute approximate surface area is 259 Å². The van der Waals surface area contributed by atoms with Crippen LogP contribution in [0.15, 0.2) is 0 Å². The molecule has 262 valence electrons. The van der Waals surface area contributed by atoms with Crippen molar-refractivity contribution in [2.24, 2.45) is 22.9 Å². The van der Waals surface area contributed by atoms with E-state index in [0.717, 1.165) is 32.5 Å². The van der Waals surface area contributed by atoms with Crippen molar-refractivity contribution in [1.29, 1.82) is 5.26 Å². The van der Waals surface area contributed by atoms with E-state index in [1.165, 1.54) is 0 Å². The van der Waals surface area contributed by atoms with Crippen LogP contribution in [0.5, 0.6) is 0 Å². The van der Waals surface area contributed by atoms with Crippen molar-refractivity contribution in [2.75, 3.05) is 147 Å². The molecule has 0 heterocycles. The van der Waals surface area contributed by atoms with Gasteiger partial charge in [-0.05, 0) is 28.2 Å². The Morgan fingerprint density at radius 2 is 1.12 bits per heavy atom. The first-order valence-electron chi connectivity index (χ1n) is 14.3. The van der Waals surface area contributed by atoms with Crippen LogP contribution in [0.1, 0.15) is 0 Å². The Kier molecular flexibility index (Phi) is 67.0. The fourth-order valence-electron chi connectivity index (χ4n) is 1.80. The van der Waals surface area contributed by atoms with Crippen molar-refractivity contribution in [3.05, 3.63) is 0 Å². The molecule has 2 atom stereocenters. The Morgan fingerprint density at radius 3 is 1.49 bits per heavy atom. The van der Waals surface area contributed by atoms with E-state index >= 15 is 0 Å². The number of nitrogens with one attached hydrogen (secondary N) is 4. The molecule has 17 heteroatoms. The molecule has 0 saturated carbocycles. The Hall–Kier alpha value is -1.44. The first-order chi connectivity index (χ1) is 20.9. The van der Waals surface area contributed by atoms with E-state index in [4.69, 9.17) is 62.1 Å². The summed E-state index contributed by atoms with van der Waals surface area (Å²) in [6.45, 7) is 9.56. The van der Waals surface area contributed by atoms with Crippen molar-refractivity contribution >= 4 is 6.29 Å². The van der Waals surface area contributed by atoms with Crippen LogP contribution in [-0.4, -0.2) is 175 Å². The van der Waals surface area contributed by atoms with Gasteiger partial charge >= 0.3 is 0 Å². The summed E-state index contributed by atoms with van der Waals surface area (Å²) in [6.07, 6.45) is 0.746. The fraction of sp³-hybridized carbons (Fsp3) is 0.923. The third-order valence-electron chi connectivity index (χ3n) is 4.00. The smallest absolute Gasteiger partial charge is 0.145 e. The number of aldehydes is 1. The summed E-state index contributed by atoms with van der Waals surface area (Å²) in [5, 5.41) is 36.2. The Balaban J connectivity index is -0.000000141. The van der Waals surface area contributed by atoms with Crippen molar-refractivity contribution in [3.8, 4) is 6.07 Å². The van der Waals surface area contributed by atoms with Crippen molar-refractivity contribution in [3.63, 3.8) is 0 Å². The minimum absolute atomic E-state index is 0.0168. The summed E-state index contributed by atoms with van der Waals surface area (Å²) >= 11 is 0. The zero-order valence-corrected chi connectivity index (χ0v) is 27.1. The number of carbonyl (C=O) groups excluding carboxylic acids is 1. The van der Waals surface area contributed by atoms with Gasteiger partial charge in [0.05, 0.1) is 78.7 Å². The monoisotopic (exact) mass is 631 g/mol. The van der Waals surface area contributed by atoms with E-state index in [1.54, 1.807) is 0 Å². The normalized spacial score (nSPS) is 11.1. The van der Waals surface area contributed by atoms with Crippen molar-refractivity contribution in [2.45, 2.75) is 12.1 Å². The molecule has 2 unspecified atom stereocenters. The maximum atomic E-state index is 9.62. The average molecular weight is 632 g/mol. The second-order valence-electron chi connectivity index (χ2n) is 8.00. The predicted molar refractivity (Wildman–Crippen MR) is 170 cm³/mol. The SMILES string of the molecule is CNCCOCC(N)C#N.CNCCOCC(N)CN.CNCCOCC=O.CNCCOCCO.NCCOCCO. The van der Waals surface area contributed by atoms with Gasteiger partial charge in [0.2, 0.25) is 0 Å². The number of hydrogen-bond donors (Lipinski definition) is 10. The van der Waals surface area contributed by atoms with Gasteiger partial charge < -0.3 is 82.9 Å². The lowest BCUT2D eigenvalue weighted by atomic mass is 10.3. The molecule has 0 fully saturated rings. The van der Waals surface area contributed by atoms with Crippen LogP contribution in [0.4, 0.5) is 0 Å². The predicted octanol–water partition coefficient (Wildman–Crippen LogP) is -4.83. The summed E-state index contributed by atoms with van der Waals surface area (Å²) in [5.74, 6) is 0. The molecule has 0 bridgehead atoms. The third-order valence-corrected chi connectivity index (χ3v) is 4.00. The number of nitrogens with two attached hydrogens (primary N) is 4. The number of carbonyl (C=O) groups is 1. The van der Waals surface area contributed by atoms with Crippen LogP contribution < -0.4 is 44.2 Å². The lowest BCUT2D eigenvalue weighted by Gasteiger charge is -2.08. The molecule has 0 radical (unpaired) electrons. The number of nitriles is 1. The molecule has 17 nitrogen and oxygen atoms in total. The molecule has 0 saturated heterocycles. The number of aliphatic hydroxyl groups is 2. The molecule has 0 spiro atoms. The minimum Gasteiger partial charge on any atom is -0.394 e. The summed E-state index contributed by atoms with van der Waals surface area (Å²) in [5.41, 5.74) is 21.1. The summed E-state index contributed by atoms with van der Waals surface area (Å²) in [7, 11) is 7.42. The van der Waals surface area contributed by atoms with Crippen LogP contribution in [0.2, 0.25) is 0 Å². The van der Waals surface area contributed by atoms with Crippen LogP contribution in [0.3, 0.4) is 0 Å². The van der Waals surface area contributed by atoms with Crippen LogP contribution >= 0.6 is 0 Å². The minimum atomic E-state index is -0.489. The number of likely N-dealkylation sites (N-methyl/N-ethyl adjacent to an activating group) is 4. The fourth-order valence-corrected chi connectivity index (χ4v) is 1.80. The summed E-state index contributed by atoms with van der Waals surface area (Å²) in [6, 6.07) is 1.37. The van der Waals surface area contributed by atoms with Gasteiger partial charge in [-0.15, -0.1) is 0 Å². The second kappa shape index (κ2) is 56.4. The van der Waals surface area contributed by atoms with Gasteiger partial charge in [0, 0.05) is 45.3 Å². The maximum absolute atomic E-state index is 9.62. The molecule has 0 amide bonds. The third kappa shape index (κ3) is 73.9. The first kappa shape index (κ1) is 51.2. The highest BCUT2D eigenvalue weighted by Crippen LogP contribution is 1.78. The number of nitrogens with zero attached hydrogens (tertiary/aromatic N) is 1. The zero-order valence-electron chi connectivity index (χ0n) is 27.1. The Morgan fingerprint density at radius 1 is 0.698 bits per heavy atom. The van der Waals surface area contributed by atoms with Crippen molar-refractivity contribution < 1.29 is 38.7 Å². The summed E-state index contributed by atoms with van der Waals surface area (Å²) in [4.78, 5) is 9.62. The number of rotatable bonds is 25. The Bertz CT molecular complexity index is 490. The van der Waals surface area contributed by atoms with Crippen LogP contribution in [0, 0.1) is 11.3 Å². The number of ether oxygens (including phenoxy) is 5. The molecule has 0 aromatic carbocycles. The standard InChI is InChI=1S/C6H17N3O.C6H13N3O.C5H13NO2.C5H11NO2.C4H11NO2/c2*1-9-2-3-10-5-6(8)4-7;2*1-6-2-4-8-5-3-7;5-1-3-7-4-2-6/h6,9H,2-5,7-8H2,1H3;6,9H,2-3,5,8H2,1H3;6-7H,2-5H2,1H3;3,6H,2,4-5H2,1H3;6H,1-5H2. The van der Waals surface area contributed by atoms with E-state index in [9.17, 15) is 4.79 Å². The maximum Gasteiger partial charge on any atom is 0.145 e.